The first-order valence-electron chi connectivity index (χ1n) is 12.7. The summed E-state index contributed by atoms with van der Waals surface area (Å²) in [5.74, 6) is 1.29. The van der Waals surface area contributed by atoms with Crippen LogP contribution in [0, 0.1) is 12.8 Å². The molecular formula is C29H34N4O3S. The van der Waals surface area contributed by atoms with Crippen LogP contribution < -0.4 is 4.90 Å². The summed E-state index contributed by atoms with van der Waals surface area (Å²) >= 11 is 1.56. The van der Waals surface area contributed by atoms with E-state index < -0.39 is 0 Å². The van der Waals surface area contributed by atoms with Gasteiger partial charge in [0.1, 0.15) is 5.82 Å². The van der Waals surface area contributed by atoms with Crippen molar-refractivity contribution in [3.05, 3.63) is 83.0 Å². The lowest BCUT2D eigenvalue weighted by Crippen LogP contribution is -2.40. The van der Waals surface area contributed by atoms with E-state index in [9.17, 15) is 9.59 Å². The standard InChI is InChI=1S/C29H34N4O3S/c1-4-36-28(35)24-13-15-33(16-14-24)27(34)25-12-8-11-23(18-25)20-37-29-30-21(2)17-26(31-29)32(3)19-22-9-6-5-7-10-22/h5-12,17-18,24H,4,13-16,19-20H2,1-3H3. The number of aromatic nitrogens is 2. The Kier molecular flexibility index (Phi) is 9.17. The zero-order valence-corrected chi connectivity index (χ0v) is 22.5. The van der Waals surface area contributed by atoms with Gasteiger partial charge >= 0.3 is 5.97 Å². The molecular weight excluding hydrogens is 484 g/mol. The molecule has 4 rings (SSSR count). The van der Waals surface area contributed by atoms with Crippen LogP contribution in [0.2, 0.25) is 0 Å². The first-order valence-corrected chi connectivity index (χ1v) is 13.7. The van der Waals surface area contributed by atoms with Crippen molar-refractivity contribution in [3.63, 3.8) is 0 Å². The molecule has 0 saturated carbocycles. The molecule has 0 N–H and O–H groups in total. The van der Waals surface area contributed by atoms with Crippen molar-refractivity contribution in [2.75, 3.05) is 31.6 Å². The van der Waals surface area contributed by atoms with Gasteiger partial charge in [0.2, 0.25) is 0 Å². The van der Waals surface area contributed by atoms with Crippen molar-refractivity contribution in [1.29, 1.82) is 0 Å². The highest BCUT2D eigenvalue weighted by Crippen LogP contribution is 2.25. The average Bonchev–Trinajstić information content (AvgIpc) is 2.92. The molecule has 2 heterocycles. The number of piperidine rings is 1. The van der Waals surface area contributed by atoms with E-state index in [0.29, 0.717) is 49.0 Å². The predicted octanol–water partition coefficient (Wildman–Crippen LogP) is 5.13. The van der Waals surface area contributed by atoms with E-state index in [1.165, 1.54) is 5.56 Å². The van der Waals surface area contributed by atoms with E-state index in [2.05, 4.69) is 22.0 Å². The van der Waals surface area contributed by atoms with E-state index in [1.54, 1.807) is 11.8 Å². The minimum Gasteiger partial charge on any atom is -0.466 e. The number of hydrogen-bond acceptors (Lipinski definition) is 7. The van der Waals surface area contributed by atoms with Crippen LogP contribution >= 0.6 is 11.8 Å². The lowest BCUT2D eigenvalue weighted by molar-refractivity contribution is -0.149. The normalized spacial score (nSPS) is 13.9. The number of likely N-dealkylation sites (tertiary alicyclic amines) is 1. The topological polar surface area (TPSA) is 75.6 Å². The van der Waals surface area contributed by atoms with Gasteiger partial charge in [-0.2, -0.15) is 0 Å². The van der Waals surface area contributed by atoms with Gasteiger partial charge in [-0.1, -0.05) is 54.2 Å². The molecule has 7 nitrogen and oxygen atoms in total. The molecule has 0 bridgehead atoms. The summed E-state index contributed by atoms with van der Waals surface area (Å²) < 4.78 is 5.14. The summed E-state index contributed by atoms with van der Waals surface area (Å²) in [6.07, 6.45) is 1.29. The number of hydrogen-bond donors (Lipinski definition) is 0. The third kappa shape index (κ3) is 7.32. The molecule has 0 radical (unpaired) electrons. The maximum Gasteiger partial charge on any atom is 0.309 e. The fourth-order valence-electron chi connectivity index (χ4n) is 4.43. The van der Waals surface area contributed by atoms with Gasteiger partial charge in [-0.15, -0.1) is 0 Å². The van der Waals surface area contributed by atoms with Crippen LogP contribution in [0.4, 0.5) is 5.82 Å². The molecule has 1 aliphatic rings. The highest BCUT2D eigenvalue weighted by Gasteiger charge is 2.28. The Morgan fingerprint density at radius 3 is 2.49 bits per heavy atom. The monoisotopic (exact) mass is 518 g/mol. The number of anilines is 1. The Hall–Kier alpha value is -3.39. The van der Waals surface area contributed by atoms with Crippen LogP contribution in [0.3, 0.4) is 0 Å². The molecule has 37 heavy (non-hydrogen) atoms. The number of ether oxygens (including phenoxy) is 1. The van der Waals surface area contributed by atoms with Crippen molar-refractivity contribution in [2.24, 2.45) is 5.92 Å². The van der Waals surface area contributed by atoms with Gasteiger partial charge < -0.3 is 14.5 Å². The molecule has 194 valence electrons. The van der Waals surface area contributed by atoms with Crippen LogP contribution in [-0.2, 0) is 21.8 Å². The second-order valence-electron chi connectivity index (χ2n) is 9.30. The highest BCUT2D eigenvalue weighted by molar-refractivity contribution is 7.98. The lowest BCUT2D eigenvalue weighted by Gasteiger charge is -2.31. The number of thioether (sulfide) groups is 1. The zero-order valence-electron chi connectivity index (χ0n) is 21.7. The molecule has 1 amide bonds. The SMILES string of the molecule is CCOC(=O)C1CCN(C(=O)c2cccc(CSc3nc(C)cc(N(C)Cc4ccccc4)n3)c2)CC1. The van der Waals surface area contributed by atoms with Gasteiger partial charge in [-0.25, -0.2) is 9.97 Å². The van der Waals surface area contributed by atoms with Crippen LogP contribution in [0.15, 0.2) is 65.8 Å². The number of nitrogens with zero attached hydrogens (tertiary/aromatic N) is 4. The summed E-state index contributed by atoms with van der Waals surface area (Å²) in [6.45, 7) is 6.09. The van der Waals surface area contributed by atoms with Gasteiger partial charge in [0, 0.05) is 49.8 Å². The van der Waals surface area contributed by atoms with Crippen molar-refractivity contribution in [1.82, 2.24) is 14.9 Å². The number of carbonyl (C=O) groups excluding carboxylic acids is 2. The minimum atomic E-state index is -0.151. The molecule has 1 aliphatic heterocycles. The predicted molar refractivity (Wildman–Crippen MR) is 147 cm³/mol. The first kappa shape index (κ1) is 26.7. The molecule has 3 aromatic rings. The number of rotatable bonds is 9. The van der Waals surface area contributed by atoms with E-state index in [4.69, 9.17) is 9.72 Å². The Balaban J connectivity index is 1.36. The zero-order chi connectivity index (χ0) is 26.2. The number of amides is 1. The summed E-state index contributed by atoms with van der Waals surface area (Å²) in [5.41, 5.74) is 3.85. The third-order valence-corrected chi connectivity index (χ3v) is 7.34. The van der Waals surface area contributed by atoms with Gasteiger partial charge in [0.25, 0.3) is 5.91 Å². The summed E-state index contributed by atoms with van der Waals surface area (Å²) in [5, 5.41) is 0.715. The molecule has 1 saturated heterocycles. The molecule has 0 atom stereocenters. The largest absolute Gasteiger partial charge is 0.466 e. The second-order valence-corrected chi connectivity index (χ2v) is 10.2. The molecule has 0 unspecified atom stereocenters. The number of esters is 1. The Bertz CT molecular complexity index is 1210. The fraction of sp³-hybridized carbons (Fsp3) is 0.379. The smallest absolute Gasteiger partial charge is 0.309 e. The summed E-state index contributed by atoms with van der Waals surface area (Å²) in [7, 11) is 2.04. The quantitative estimate of drug-likeness (QED) is 0.221. The molecule has 1 fully saturated rings. The van der Waals surface area contributed by atoms with Crippen molar-refractivity contribution in [2.45, 2.75) is 44.1 Å². The molecule has 8 heteroatoms. The van der Waals surface area contributed by atoms with Crippen LogP contribution in [-0.4, -0.2) is 53.5 Å². The van der Waals surface area contributed by atoms with Crippen LogP contribution in [0.1, 0.15) is 46.9 Å². The molecule has 0 aliphatic carbocycles. The number of aryl methyl sites for hydroxylation is 1. The third-order valence-electron chi connectivity index (χ3n) is 6.42. The summed E-state index contributed by atoms with van der Waals surface area (Å²) in [4.78, 5) is 38.5. The van der Waals surface area contributed by atoms with E-state index >= 15 is 0 Å². The van der Waals surface area contributed by atoms with Crippen molar-refractivity contribution < 1.29 is 14.3 Å². The van der Waals surface area contributed by atoms with Gasteiger partial charge in [0.15, 0.2) is 5.16 Å². The number of benzene rings is 2. The Morgan fingerprint density at radius 2 is 1.76 bits per heavy atom. The maximum absolute atomic E-state index is 13.1. The van der Waals surface area contributed by atoms with Crippen LogP contribution in [0.5, 0.6) is 0 Å². The van der Waals surface area contributed by atoms with Crippen molar-refractivity contribution >= 4 is 29.5 Å². The fourth-order valence-corrected chi connectivity index (χ4v) is 5.27. The lowest BCUT2D eigenvalue weighted by atomic mass is 9.96. The Labute approximate surface area is 223 Å². The first-order chi connectivity index (χ1) is 17.9. The van der Waals surface area contributed by atoms with Crippen molar-refractivity contribution in [3.8, 4) is 0 Å². The number of carbonyl (C=O) groups is 2. The molecule has 2 aromatic carbocycles. The molecule has 1 aromatic heterocycles. The van der Waals surface area contributed by atoms with Gasteiger partial charge in [0.05, 0.1) is 12.5 Å². The average molecular weight is 519 g/mol. The molecule has 0 spiro atoms. The Morgan fingerprint density at radius 1 is 1.03 bits per heavy atom. The van der Waals surface area contributed by atoms with Crippen LogP contribution in [0.25, 0.3) is 0 Å². The van der Waals surface area contributed by atoms with Gasteiger partial charge in [-0.3, -0.25) is 9.59 Å². The van der Waals surface area contributed by atoms with E-state index in [0.717, 1.165) is 23.6 Å². The highest BCUT2D eigenvalue weighted by atomic mass is 32.2. The van der Waals surface area contributed by atoms with Gasteiger partial charge in [-0.05, 0) is 49.9 Å². The second kappa shape index (κ2) is 12.7. The summed E-state index contributed by atoms with van der Waals surface area (Å²) in [6, 6.07) is 20.1. The van der Waals surface area contributed by atoms with E-state index in [-0.39, 0.29) is 17.8 Å². The van der Waals surface area contributed by atoms with E-state index in [1.807, 2.05) is 74.3 Å². The maximum atomic E-state index is 13.1. The minimum absolute atomic E-state index is 0.00536.